The molecule has 5 heteroatoms. The Labute approximate surface area is 131 Å². The van der Waals surface area contributed by atoms with E-state index in [1.165, 1.54) is 4.90 Å². The molecule has 1 aliphatic rings. The molecule has 1 aromatic carbocycles. The molecule has 0 aliphatic carbocycles. The summed E-state index contributed by atoms with van der Waals surface area (Å²) in [5, 5.41) is 8.75. The first-order valence-corrected chi connectivity index (χ1v) is 7.86. The van der Waals surface area contributed by atoms with Crippen LogP contribution < -0.4 is 9.64 Å². The van der Waals surface area contributed by atoms with Crippen LogP contribution in [0.2, 0.25) is 0 Å². The van der Waals surface area contributed by atoms with Gasteiger partial charge in [0.2, 0.25) is 0 Å². The maximum atomic E-state index is 11.8. The van der Waals surface area contributed by atoms with Crippen LogP contribution in [0.4, 0.5) is 0 Å². The third-order valence-corrected chi connectivity index (χ3v) is 3.95. The molecular formula is C17H23N2O3+. The Kier molecular flexibility index (Phi) is 6.23. The van der Waals surface area contributed by atoms with E-state index in [-0.39, 0.29) is 11.9 Å². The lowest BCUT2D eigenvalue weighted by Crippen LogP contribution is -3.14. The molecule has 22 heavy (non-hydrogen) atoms. The summed E-state index contributed by atoms with van der Waals surface area (Å²) in [6.45, 7) is 5.68. The van der Waals surface area contributed by atoms with Crippen LogP contribution in [0.3, 0.4) is 0 Å². The van der Waals surface area contributed by atoms with Gasteiger partial charge in [-0.15, -0.1) is 0 Å². The van der Waals surface area contributed by atoms with Crippen molar-refractivity contribution < 1.29 is 19.2 Å². The van der Waals surface area contributed by atoms with Crippen LogP contribution in [0.5, 0.6) is 5.75 Å². The number of likely N-dealkylation sites (tertiary alicyclic amines) is 1. The molecule has 5 nitrogen and oxygen atoms in total. The van der Waals surface area contributed by atoms with E-state index in [1.807, 2.05) is 19.1 Å². The fraction of sp³-hybridized carbons (Fsp3) is 0.529. The van der Waals surface area contributed by atoms with Gasteiger partial charge in [0.25, 0.3) is 0 Å². The summed E-state index contributed by atoms with van der Waals surface area (Å²) < 4.78 is 10.8. The van der Waals surface area contributed by atoms with Crippen molar-refractivity contribution in [3.05, 3.63) is 29.8 Å². The summed E-state index contributed by atoms with van der Waals surface area (Å²) in [4.78, 5) is 13.2. The summed E-state index contributed by atoms with van der Waals surface area (Å²) in [7, 11) is 0. The van der Waals surface area contributed by atoms with Crippen molar-refractivity contribution in [2.24, 2.45) is 5.92 Å². The zero-order chi connectivity index (χ0) is 15.8. The first kappa shape index (κ1) is 16.3. The summed E-state index contributed by atoms with van der Waals surface area (Å²) in [5.41, 5.74) is 0.631. The van der Waals surface area contributed by atoms with E-state index in [2.05, 4.69) is 6.07 Å². The first-order chi connectivity index (χ1) is 10.7. The van der Waals surface area contributed by atoms with Gasteiger partial charge in [-0.05, 0) is 44.0 Å². The van der Waals surface area contributed by atoms with E-state index in [9.17, 15) is 4.79 Å². The Bertz CT molecular complexity index is 522. The Morgan fingerprint density at radius 2 is 2.18 bits per heavy atom. The molecule has 2 atom stereocenters. The molecule has 1 fully saturated rings. The van der Waals surface area contributed by atoms with Crippen LogP contribution in [0.1, 0.15) is 25.3 Å². The monoisotopic (exact) mass is 303 g/mol. The Hall–Kier alpha value is -2.06. The van der Waals surface area contributed by atoms with Crippen molar-refractivity contribution in [3.63, 3.8) is 0 Å². The van der Waals surface area contributed by atoms with E-state index < -0.39 is 0 Å². The highest BCUT2D eigenvalue weighted by atomic mass is 16.5. The minimum atomic E-state index is -0.0623. The van der Waals surface area contributed by atoms with Crippen LogP contribution in [0.15, 0.2) is 24.3 Å². The maximum absolute atomic E-state index is 11.8. The Morgan fingerprint density at radius 1 is 1.41 bits per heavy atom. The van der Waals surface area contributed by atoms with Gasteiger partial charge in [-0.1, -0.05) is 0 Å². The number of hydrogen-bond donors (Lipinski definition) is 1. The molecule has 1 N–H and O–H groups in total. The van der Waals surface area contributed by atoms with E-state index >= 15 is 0 Å². The summed E-state index contributed by atoms with van der Waals surface area (Å²) in [6, 6.07) is 9.21. The molecule has 1 heterocycles. The number of nitrogens with one attached hydrogen (secondary N) is 1. The molecule has 2 rings (SSSR count). The minimum Gasteiger partial charge on any atom is -0.488 e. The van der Waals surface area contributed by atoms with Crippen molar-refractivity contribution in [1.82, 2.24) is 0 Å². The summed E-state index contributed by atoms with van der Waals surface area (Å²) in [6.07, 6.45) is 1.98. The molecule has 0 radical (unpaired) electrons. The minimum absolute atomic E-state index is 0.0265. The lowest BCUT2D eigenvalue weighted by molar-refractivity contribution is -0.907. The number of piperidine rings is 1. The molecule has 1 saturated heterocycles. The number of benzene rings is 1. The number of nitrogens with zero attached hydrogens (tertiary/aromatic N) is 1. The lowest BCUT2D eigenvalue weighted by atomic mass is 9.98. The van der Waals surface area contributed by atoms with Gasteiger partial charge in [-0.25, -0.2) is 0 Å². The molecule has 1 aromatic rings. The largest absolute Gasteiger partial charge is 0.488 e. The second kappa shape index (κ2) is 8.40. The van der Waals surface area contributed by atoms with Crippen LogP contribution in [0, 0.1) is 17.2 Å². The number of hydrogen-bond acceptors (Lipinski definition) is 4. The number of esters is 1. The number of carbonyl (C=O) groups is 1. The second-order valence-electron chi connectivity index (χ2n) is 5.53. The standard InChI is InChI=1S/C17H22N2O3/c1-2-21-17(20)15-4-3-9-19(13-15)10-11-22-16-7-5-14(12-18)6-8-16/h5-8,15H,2-4,9-11,13H2,1H3/p+1/t15-/m1/s1. The second-order valence-corrected chi connectivity index (χ2v) is 5.53. The van der Waals surface area contributed by atoms with Gasteiger partial charge in [-0.2, -0.15) is 5.26 Å². The lowest BCUT2D eigenvalue weighted by Gasteiger charge is -2.28. The van der Waals surface area contributed by atoms with Crippen LogP contribution in [0.25, 0.3) is 0 Å². The highest BCUT2D eigenvalue weighted by Gasteiger charge is 2.29. The fourth-order valence-corrected chi connectivity index (χ4v) is 2.78. The first-order valence-electron chi connectivity index (χ1n) is 7.86. The topological polar surface area (TPSA) is 63.8 Å². The van der Waals surface area contributed by atoms with Gasteiger partial charge in [0, 0.05) is 0 Å². The van der Waals surface area contributed by atoms with Gasteiger partial charge < -0.3 is 14.4 Å². The van der Waals surface area contributed by atoms with Crippen molar-refractivity contribution in [1.29, 1.82) is 5.26 Å². The highest BCUT2D eigenvalue weighted by molar-refractivity contribution is 5.72. The van der Waals surface area contributed by atoms with Crippen LogP contribution in [-0.4, -0.2) is 38.8 Å². The van der Waals surface area contributed by atoms with Crippen molar-refractivity contribution >= 4 is 5.97 Å². The molecule has 1 unspecified atom stereocenters. The average molecular weight is 303 g/mol. The van der Waals surface area contributed by atoms with E-state index in [4.69, 9.17) is 14.7 Å². The van der Waals surface area contributed by atoms with E-state index in [0.29, 0.717) is 18.8 Å². The molecule has 118 valence electrons. The highest BCUT2D eigenvalue weighted by Crippen LogP contribution is 2.11. The molecular weight excluding hydrogens is 280 g/mol. The zero-order valence-corrected chi connectivity index (χ0v) is 13.0. The predicted octanol–water partition coefficient (Wildman–Crippen LogP) is 0.795. The number of carbonyl (C=O) groups excluding carboxylic acids is 1. The average Bonchev–Trinajstić information content (AvgIpc) is 2.56. The van der Waals surface area contributed by atoms with Crippen molar-refractivity contribution in [2.75, 3.05) is 32.8 Å². The number of quaternary nitrogens is 1. The molecule has 1 aliphatic heterocycles. The van der Waals surface area contributed by atoms with Gasteiger partial charge in [-0.3, -0.25) is 4.79 Å². The van der Waals surface area contributed by atoms with Gasteiger partial charge in [0.05, 0.1) is 31.3 Å². The molecule has 0 bridgehead atoms. The van der Waals surface area contributed by atoms with Crippen LogP contribution >= 0.6 is 0 Å². The molecule has 0 saturated carbocycles. The smallest absolute Gasteiger partial charge is 0.314 e. The summed E-state index contributed by atoms with van der Waals surface area (Å²) >= 11 is 0. The van der Waals surface area contributed by atoms with E-state index in [0.717, 1.165) is 38.2 Å². The van der Waals surface area contributed by atoms with Crippen molar-refractivity contribution in [3.8, 4) is 11.8 Å². The zero-order valence-electron chi connectivity index (χ0n) is 13.0. The van der Waals surface area contributed by atoms with Crippen molar-refractivity contribution in [2.45, 2.75) is 19.8 Å². The quantitative estimate of drug-likeness (QED) is 0.790. The number of nitriles is 1. The van der Waals surface area contributed by atoms with Gasteiger partial charge in [0.1, 0.15) is 24.8 Å². The third kappa shape index (κ3) is 4.74. The van der Waals surface area contributed by atoms with Gasteiger partial charge in [0.15, 0.2) is 0 Å². The predicted molar refractivity (Wildman–Crippen MR) is 81.6 cm³/mol. The SMILES string of the molecule is CCOC(=O)[C@@H]1CCC[NH+](CCOc2ccc(C#N)cc2)C1. The molecule has 0 spiro atoms. The summed E-state index contributed by atoms with van der Waals surface area (Å²) in [5.74, 6) is 0.740. The van der Waals surface area contributed by atoms with E-state index in [1.54, 1.807) is 12.1 Å². The Morgan fingerprint density at radius 3 is 2.86 bits per heavy atom. The molecule has 0 amide bonds. The normalized spacial score (nSPS) is 20.9. The maximum Gasteiger partial charge on any atom is 0.314 e. The third-order valence-electron chi connectivity index (χ3n) is 3.95. The number of ether oxygens (including phenoxy) is 2. The fourth-order valence-electron chi connectivity index (χ4n) is 2.78. The van der Waals surface area contributed by atoms with Gasteiger partial charge >= 0.3 is 5.97 Å². The van der Waals surface area contributed by atoms with Crippen LogP contribution in [-0.2, 0) is 9.53 Å². The Balaban J connectivity index is 1.74. The number of rotatable bonds is 6. The molecule has 0 aromatic heterocycles.